The van der Waals surface area contributed by atoms with Gasteiger partial charge < -0.3 is 14.7 Å². The predicted molar refractivity (Wildman–Crippen MR) is 105 cm³/mol. The molecule has 1 heterocycles. The smallest absolute Gasteiger partial charge is 0.410 e. The van der Waals surface area contributed by atoms with Crippen LogP contribution in [0.25, 0.3) is 0 Å². The van der Waals surface area contributed by atoms with E-state index in [4.69, 9.17) is 4.74 Å². The molecule has 2 aromatic rings. The Balaban J connectivity index is 1.63. The van der Waals surface area contributed by atoms with Gasteiger partial charge in [0, 0.05) is 19.6 Å². The zero-order chi connectivity index (χ0) is 19.8. The molecular weight excluding hydrogens is 356 g/mol. The molecule has 28 heavy (non-hydrogen) atoms. The fraction of sp³-hybridized carbons (Fsp3) is 0.364. The average molecular weight is 382 g/mol. The van der Waals surface area contributed by atoms with Crippen molar-refractivity contribution in [1.82, 2.24) is 9.80 Å². The highest BCUT2D eigenvalue weighted by atomic mass is 16.6. The van der Waals surface area contributed by atoms with Gasteiger partial charge in [-0.25, -0.2) is 4.79 Å². The summed E-state index contributed by atoms with van der Waals surface area (Å²) < 4.78 is 5.42. The second-order valence-electron chi connectivity index (χ2n) is 6.86. The number of benzene rings is 2. The van der Waals surface area contributed by atoms with Crippen molar-refractivity contribution in [1.29, 1.82) is 0 Å². The number of amides is 2. The fourth-order valence-corrected chi connectivity index (χ4v) is 3.45. The van der Waals surface area contributed by atoms with E-state index in [0.717, 1.165) is 17.5 Å². The van der Waals surface area contributed by atoms with Crippen LogP contribution >= 0.6 is 0 Å². The third-order valence-electron chi connectivity index (χ3n) is 4.88. The number of carbonyl (C=O) groups excluding carboxylic acids is 2. The lowest BCUT2D eigenvalue weighted by Gasteiger charge is -2.29. The van der Waals surface area contributed by atoms with E-state index >= 15 is 0 Å². The van der Waals surface area contributed by atoms with Gasteiger partial charge in [0.25, 0.3) is 0 Å². The Labute approximate surface area is 165 Å². The molecule has 1 saturated heterocycles. The van der Waals surface area contributed by atoms with Crippen molar-refractivity contribution in [3.63, 3.8) is 0 Å². The lowest BCUT2D eigenvalue weighted by molar-refractivity contribution is -0.136. The summed E-state index contributed by atoms with van der Waals surface area (Å²) in [6.07, 6.45) is 0.897. The van der Waals surface area contributed by atoms with Gasteiger partial charge in [-0.3, -0.25) is 9.69 Å². The number of rotatable bonds is 7. The molecule has 1 aliphatic rings. The summed E-state index contributed by atoms with van der Waals surface area (Å²) in [5.41, 5.74) is 1.89. The van der Waals surface area contributed by atoms with Crippen LogP contribution < -0.4 is 0 Å². The van der Waals surface area contributed by atoms with E-state index in [2.05, 4.69) is 0 Å². The van der Waals surface area contributed by atoms with E-state index in [1.54, 1.807) is 4.90 Å². The van der Waals surface area contributed by atoms with Crippen molar-refractivity contribution in [2.24, 2.45) is 0 Å². The Morgan fingerprint density at radius 2 is 1.68 bits per heavy atom. The molecule has 148 valence electrons. The number of likely N-dealkylation sites (tertiary alicyclic amines) is 1. The van der Waals surface area contributed by atoms with Gasteiger partial charge >= 0.3 is 6.09 Å². The van der Waals surface area contributed by atoms with Crippen molar-refractivity contribution in [2.75, 3.05) is 19.7 Å². The number of nitrogens with zero attached hydrogens (tertiary/aromatic N) is 2. The summed E-state index contributed by atoms with van der Waals surface area (Å²) in [5, 5.41) is 9.39. The lowest BCUT2D eigenvalue weighted by Crippen LogP contribution is -2.48. The van der Waals surface area contributed by atoms with E-state index in [1.165, 1.54) is 4.90 Å². The molecule has 0 aliphatic carbocycles. The highest BCUT2D eigenvalue weighted by Crippen LogP contribution is 2.22. The topological polar surface area (TPSA) is 70.1 Å². The van der Waals surface area contributed by atoms with E-state index in [-0.39, 0.29) is 25.7 Å². The van der Waals surface area contributed by atoms with E-state index in [0.29, 0.717) is 19.5 Å². The third-order valence-corrected chi connectivity index (χ3v) is 4.88. The Hall–Kier alpha value is -2.86. The van der Waals surface area contributed by atoms with Crippen LogP contribution in [0.1, 0.15) is 24.0 Å². The maximum Gasteiger partial charge on any atom is 0.410 e. The first kappa shape index (κ1) is 19.9. The van der Waals surface area contributed by atoms with Gasteiger partial charge in [-0.15, -0.1) is 0 Å². The molecule has 1 unspecified atom stereocenters. The molecule has 0 spiro atoms. The monoisotopic (exact) mass is 382 g/mol. The van der Waals surface area contributed by atoms with Gasteiger partial charge in [0.2, 0.25) is 5.91 Å². The molecule has 6 nitrogen and oxygen atoms in total. The Bertz CT molecular complexity index is 767. The maximum absolute atomic E-state index is 13.1. The third kappa shape index (κ3) is 5.10. The van der Waals surface area contributed by atoms with Crippen LogP contribution in [0.3, 0.4) is 0 Å². The molecule has 0 aromatic heterocycles. The van der Waals surface area contributed by atoms with Gasteiger partial charge in [-0.05, 0) is 24.0 Å². The Morgan fingerprint density at radius 1 is 1.04 bits per heavy atom. The van der Waals surface area contributed by atoms with Gasteiger partial charge in [-0.1, -0.05) is 60.7 Å². The highest BCUT2D eigenvalue weighted by Gasteiger charge is 2.37. The fourth-order valence-electron chi connectivity index (χ4n) is 3.45. The summed E-state index contributed by atoms with van der Waals surface area (Å²) in [6.45, 7) is 1.20. The van der Waals surface area contributed by atoms with Crippen molar-refractivity contribution >= 4 is 12.0 Å². The molecule has 1 atom stereocenters. The van der Waals surface area contributed by atoms with Crippen LogP contribution in [0.4, 0.5) is 4.79 Å². The largest absolute Gasteiger partial charge is 0.445 e. The molecule has 3 rings (SSSR count). The SMILES string of the molecule is O=C(C1CCCN1C(=O)OCc1ccccc1)N(CCO)Cc1ccccc1. The summed E-state index contributed by atoms with van der Waals surface area (Å²) in [6, 6.07) is 18.6. The minimum atomic E-state index is -0.543. The van der Waals surface area contributed by atoms with E-state index < -0.39 is 12.1 Å². The first-order valence-corrected chi connectivity index (χ1v) is 9.60. The van der Waals surface area contributed by atoms with Crippen LogP contribution in [0.15, 0.2) is 60.7 Å². The molecule has 0 saturated carbocycles. The zero-order valence-electron chi connectivity index (χ0n) is 15.9. The second-order valence-corrected chi connectivity index (χ2v) is 6.86. The zero-order valence-corrected chi connectivity index (χ0v) is 15.9. The lowest BCUT2D eigenvalue weighted by atomic mass is 10.1. The first-order valence-electron chi connectivity index (χ1n) is 9.60. The minimum absolute atomic E-state index is 0.121. The normalized spacial score (nSPS) is 16.0. The van der Waals surface area contributed by atoms with Gasteiger partial charge in [0.15, 0.2) is 0 Å². The molecule has 1 N–H and O–H groups in total. The summed E-state index contributed by atoms with van der Waals surface area (Å²) >= 11 is 0. The van der Waals surface area contributed by atoms with Crippen LogP contribution in [0, 0.1) is 0 Å². The Kier molecular flexibility index (Phi) is 7.03. The van der Waals surface area contributed by atoms with Gasteiger partial charge in [0.1, 0.15) is 12.6 Å². The number of ether oxygens (including phenoxy) is 1. The molecule has 1 aliphatic heterocycles. The molecule has 0 bridgehead atoms. The Morgan fingerprint density at radius 3 is 2.32 bits per heavy atom. The highest BCUT2D eigenvalue weighted by molar-refractivity contribution is 5.86. The van der Waals surface area contributed by atoms with Crippen molar-refractivity contribution in [3.8, 4) is 0 Å². The van der Waals surface area contributed by atoms with E-state index in [1.807, 2.05) is 60.7 Å². The number of carbonyl (C=O) groups is 2. The van der Waals surface area contributed by atoms with Gasteiger partial charge in [-0.2, -0.15) is 0 Å². The second kappa shape index (κ2) is 9.90. The van der Waals surface area contributed by atoms with Crippen LogP contribution in [0.5, 0.6) is 0 Å². The standard InChI is InChI=1S/C22H26N2O4/c25-15-14-23(16-18-8-3-1-4-9-18)21(26)20-12-7-13-24(20)22(27)28-17-19-10-5-2-6-11-19/h1-6,8-11,20,25H,7,12-17H2. The van der Waals surface area contributed by atoms with E-state index in [9.17, 15) is 14.7 Å². The maximum atomic E-state index is 13.1. The molecule has 2 aromatic carbocycles. The molecular formula is C22H26N2O4. The van der Waals surface area contributed by atoms with Crippen molar-refractivity contribution < 1.29 is 19.4 Å². The van der Waals surface area contributed by atoms with Gasteiger partial charge in [0.05, 0.1) is 6.61 Å². The average Bonchev–Trinajstić information content (AvgIpc) is 3.23. The number of hydrogen-bond acceptors (Lipinski definition) is 4. The molecule has 1 fully saturated rings. The summed E-state index contributed by atoms with van der Waals surface area (Å²) in [7, 11) is 0. The summed E-state index contributed by atoms with van der Waals surface area (Å²) in [4.78, 5) is 28.8. The molecule has 2 amide bonds. The predicted octanol–water partition coefficient (Wildman–Crippen LogP) is 2.81. The number of hydrogen-bond donors (Lipinski definition) is 1. The number of aliphatic hydroxyl groups excluding tert-OH is 1. The quantitative estimate of drug-likeness (QED) is 0.799. The molecule has 6 heteroatoms. The minimum Gasteiger partial charge on any atom is -0.445 e. The number of aliphatic hydroxyl groups is 1. The van der Waals surface area contributed by atoms with Crippen molar-refractivity contribution in [3.05, 3.63) is 71.8 Å². The van der Waals surface area contributed by atoms with Crippen LogP contribution in [0.2, 0.25) is 0 Å². The van der Waals surface area contributed by atoms with Crippen molar-refractivity contribution in [2.45, 2.75) is 32.0 Å². The van der Waals surface area contributed by atoms with Crippen LogP contribution in [-0.4, -0.2) is 52.6 Å². The van der Waals surface area contributed by atoms with Crippen LogP contribution in [-0.2, 0) is 22.7 Å². The first-order chi connectivity index (χ1) is 13.7. The molecule has 0 radical (unpaired) electrons. The summed E-state index contributed by atoms with van der Waals surface area (Å²) in [5.74, 6) is -0.146.